The predicted octanol–water partition coefficient (Wildman–Crippen LogP) is 3.63. The summed E-state index contributed by atoms with van der Waals surface area (Å²) in [5.74, 6) is 0.170. The largest absolute Gasteiger partial charge is 0.507 e. The van der Waals surface area contributed by atoms with Gasteiger partial charge >= 0.3 is 0 Å². The average molecular weight is 288 g/mol. The third-order valence-corrected chi connectivity index (χ3v) is 4.51. The molecule has 2 aliphatic heterocycles. The van der Waals surface area contributed by atoms with Crippen LogP contribution in [0, 0.1) is 0 Å². The number of phenolic OH excluding ortho intramolecular Hbond substituents is 1. The lowest BCUT2D eigenvalue weighted by Crippen LogP contribution is -2.37. The lowest BCUT2D eigenvalue weighted by Gasteiger charge is -2.31. The molecule has 0 saturated carbocycles. The van der Waals surface area contributed by atoms with Gasteiger partial charge in [0, 0.05) is 21.9 Å². The van der Waals surface area contributed by atoms with Crippen LogP contribution < -0.4 is 10.2 Å². The molecule has 2 aliphatic rings. The molecule has 4 nitrogen and oxygen atoms in total. The summed E-state index contributed by atoms with van der Waals surface area (Å²) in [5, 5.41) is 15.1. The molecule has 5 rings (SSSR count). The van der Waals surface area contributed by atoms with Crippen molar-refractivity contribution in [2.45, 2.75) is 6.17 Å². The summed E-state index contributed by atoms with van der Waals surface area (Å²) < 4.78 is 0. The number of carbonyl (C=O) groups excluding carboxylic acids is 1. The first kappa shape index (κ1) is 11.6. The first-order valence-electron chi connectivity index (χ1n) is 7.19. The Labute approximate surface area is 126 Å². The zero-order chi connectivity index (χ0) is 14.8. The van der Waals surface area contributed by atoms with Crippen LogP contribution in [0.1, 0.15) is 22.1 Å². The van der Waals surface area contributed by atoms with E-state index in [1.54, 1.807) is 17.0 Å². The van der Waals surface area contributed by atoms with E-state index in [1.807, 2.05) is 42.5 Å². The van der Waals surface area contributed by atoms with Crippen LogP contribution in [0.3, 0.4) is 0 Å². The summed E-state index contributed by atoms with van der Waals surface area (Å²) in [6.45, 7) is 0. The molecule has 3 aromatic carbocycles. The molecular formula is C18H12N2O2. The number of carbonyl (C=O) groups is 1. The quantitative estimate of drug-likeness (QED) is 0.664. The third-order valence-electron chi connectivity index (χ3n) is 4.51. The van der Waals surface area contributed by atoms with E-state index in [-0.39, 0.29) is 17.8 Å². The maximum absolute atomic E-state index is 13.0. The molecule has 0 bridgehead atoms. The van der Waals surface area contributed by atoms with Gasteiger partial charge in [-0.15, -0.1) is 0 Å². The Morgan fingerprint density at radius 3 is 2.77 bits per heavy atom. The molecule has 22 heavy (non-hydrogen) atoms. The van der Waals surface area contributed by atoms with E-state index in [4.69, 9.17) is 0 Å². The van der Waals surface area contributed by atoms with Crippen molar-refractivity contribution >= 4 is 28.1 Å². The van der Waals surface area contributed by atoms with E-state index in [0.717, 1.165) is 27.7 Å². The molecule has 2 heterocycles. The van der Waals surface area contributed by atoms with Crippen LogP contribution >= 0.6 is 0 Å². The lowest BCUT2D eigenvalue weighted by molar-refractivity contribution is 0.0980. The number of aromatic hydroxyl groups is 1. The summed E-state index contributed by atoms with van der Waals surface area (Å²) in [4.78, 5) is 14.8. The SMILES string of the molecule is O=C1c2ccc(O)c3cccc(c23)C2Nc3ccccc3N12. The van der Waals surface area contributed by atoms with Crippen molar-refractivity contribution in [2.75, 3.05) is 10.2 Å². The molecule has 1 unspecified atom stereocenters. The van der Waals surface area contributed by atoms with Gasteiger partial charge in [0.05, 0.1) is 11.4 Å². The molecular weight excluding hydrogens is 276 g/mol. The summed E-state index contributed by atoms with van der Waals surface area (Å²) in [6, 6.07) is 16.9. The summed E-state index contributed by atoms with van der Waals surface area (Å²) >= 11 is 0. The van der Waals surface area contributed by atoms with Gasteiger partial charge in [0.2, 0.25) is 0 Å². The van der Waals surface area contributed by atoms with Crippen molar-refractivity contribution in [1.82, 2.24) is 0 Å². The number of rotatable bonds is 0. The van der Waals surface area contributed by atoms with Crippen LogP contribution in [0.5, 0.6) is 5.75 Å². The molecule has 0 spiro atoms. The molecule has 3 aromatic rings. The van der Waals surface area contributed by atoms with E-state index in [1.165, 1.54) is 0 Å². The third kappa shape index (κ3) is 1.25. The second-order valence-corrected chi connectivity index (χ2v) is 5.64. The average Bonchev–Trinajstić information content (AvgIpc) is 2.94. The van der Waals surface area contributed by atoms with Gasteiger partial charge in [-0.2, -0.15) is 0 Å². The highest BCUT2D eigenvalue weighted by Gasteiger charge is 2.40. The fourth-order valence-corrected chi connectivity index (χ4v) is 3.56. The van der Waals surface area contributed by atoms with Crippen LogP contribution in [0.2, 0.25) is 0 Å². The van der Waals surface area contributed by atoms with Gasteiger partial charge in [0.1, 0.15) is 11.9 Å². The fraction of sp³-hybridized carbons (Fsp3) is 0.0556. The molecule has 4 heteroatoms. The van der Waals surface area contributed by atoms with Gasteiger partial charge in [-0.1, -0.05) is 30.3 Å². The van der Waals surface area contributed by atoms with Crippen LogP contribution in [0.25, 0.3) is 10.8 Å². The van der Waals surface area contributed by atoms with Gasteiger partial charge in [-0.05, 0) is 24.3 Å². The highest BCUT2D eigenvalue weighted by molar-refractivity contribution is 6.20. The van der Waals surface area contributed by atoms with Gasteiger partial charge in [-0.25, -0.2) is 0 Å². The van der Waals surface area contributed by atoms with Crippen molar-refractivity contribution in [3.05, 3.63) is 65.7 Å². The minimum absolute atomic E-state index is 0.0360. The smallest absolute Gasteiger partial charge is 0.260 e. The van der Waals surface area contributed by atoms with Gasteiger partial charge in [-0.3, -0.25) is 9.69 Å². The Kier molecular flexibility index (Phi) is 2.01. The Balaban J connectivity index is 1.87. The van der Waals surface area contributed by atoms with E-state index in [9.17, 15) is 9.90 Å². The molecule has 106 valence electrons. The van der Waals surface area contributed by atoms with Crippen LogP contribution in [-0.4, -0.2) is 11.0 Å². The van der Waals surface area contributed by atoms with Crippen molar-refractivity contribution < 1.29 is 9.90 Å². The van der Waals surface area contributed by atoms with Crippen molar-refractivity contribution in [1.29, 1.82) is 0 Å². The first-order chi connectivity index (χ1) is 10.8. The summed E-state index contributed by atoms with van der Waals surface area (Å²) in [7, 11) is 0. The van der Waals surface area contributed by atoms with E-state index >= 15 is 0 Å². The summed E-state index contributed by atoms with van der Waals surface area (Å²) in [5.41, 5.74) is 3.50. The Morgan fingerprint density at radius 1 is 1.00 bits per heavy atom. The highest BCUT2D eigenvalue weighted by atomic mass is 16.3. The van der Waals surface area contributed by atoms with E-state index in [0.29, 0.717) is 5.56 Å². The number of hydrogen-bond acceptors (Lipinski definition) is 3. The van der Waals surface area contributed by atoms with E-state index in [2.05, 4.69) is 5.32 Å². The number of nitrogens with one attached hydrogen (secondary N) is 1. The van der Waals surface area contributed by atoms with Crippen LogP contribution in [0.15, 0.2) is 54.6 Å². The minimum Gasteiger partial charge on any atom is -0.507 e. The number of fused-ring (bicyclic) bond motifs is 4. The minimum atomic E-state index is -0.220. The van der Waals surface area contributed by atoms with Crippen molar-refractivity contribution in [3.8, 4) is 5.75 Å². The molecule has 0 radical (unpaired) electrons. The second kappa shape index (κ2) is 3.80. The lowest BCUT2D eigenvalue weighted by atomic mass is 9.92. The number of anilines is 2. The van der Waals surface area contributed by atoms with Crippen LogP contribution in [-0.2, 0) is 0 Å². The molecule has 2 N–H and O–H groups in total. The topological polar surface area (TPSA) is 52.6 Å². The zero-order valence-electron chi connectivity index (χ0n) is 11.6. The Bertz CT molecular complexity index is 964. The maximum atomic E-state index is 13.0. The molecule has 1 amide bonds. The standard InChI is InChI=1S/C18H12N2O2/c21-15-9-8-12-16-10(15)4-3-5-11(16)17-19-13-6-1-2-7-14(13)20(17)18(12)22/h1-9,17,19,21H. The number of amides is 1. The van der Waals surface area contributed by atoms with Crippen molar-refractivity contribution in [2.24, 2.45) is 0 Å². The zero-order valence-corrected chi connectivity index (χ0v) is 11.6. The predicted molar refractivity (Wildman–Crippen MR) is 85.2 cm³/mol. The monoisotopic (exact) mass is 288 g/mol. The van der Waals surface area contributed by atoms with Crippen LogP contribution in [0.4, 0.5) is 11.4 Å². The highest BCUT2D eigenvalue weighted by Crippen LogP contribution is 2.48. The number of hydrogen-bond donors (Lipinski definition) is 2. The van der Waals surface area contributed by atoms with E-state index < -0.39 is 0 Å². The molecule has 0 fully saturated rings. The molecule has 0 aliphatic carbocycles. The Hall–Kier alpha value is -3.01. The van der Waals surface area contributed by atoms with Gasteiger partial charge < -0.3 is 10.4 Å². The van der Waals surface area contributed by atoms with Gasteiger partial charge in [0.15, 0.2) is 0 Å². The number of phenols is 1. The van der Waals surface area contributed by atoms with Gasteiger partial charge in [0.25, 0.3) is 5.91 Å². The molecule has 0 aromatic heterocycles. The maximum Gasteiger partial charge on any atom is 0.260 e. The van der Waals surface area contributed by atoms with Crippen molar-refractivity contribution in [3.63, 3.8) is 0 Å². The normalized spacial score (nSPS) is 18.1. The number of benzene rings is 3. The number of nitrogens with zero attached hydrogens (tertiary/aromatic N) is 1. The molecule has 0 saturated heterocycles. The fourth-order valence-electron chi connectivity index (χ4n) is 3.56. The summed E-state index contributed by atoms with van der Waals surface area (Å²) in [6.07, 6.45) is -0.220. The Morgan fingerprint density at radius 2 is 1.86 bits per heavy atom. The first-order valence-corrected chi connectivity index (χ1v) is 7.19. The second-order valence-electron chi connectivity index (χ2n) is 5.64. The number of para-hydroxylation sites is 2. The molecule has 1 atom stereocenters.